The van der Waals surface area contributed by atoms with Crippen molar-refractivity contribution in [1.82, 2.24) is 0 Å². The molecule has 0 aromatic heterocycles. The van der Waals surface area contributed by atoms with Crippen molar-refractivity contribution in [3.05, 3.63) is 35.9 Å². The molecule has 0 amide bonds. The minimum atomic E-state index is -0.0163. The molecule has 1 saturated heterocycles. The van der Waals surface area contributed by atoms with Gasteiger partial charge in [-0.15, -0.1) is 0 Å². The van der Waals surface area contributed by atoms with Crippen LogP contribution in [0.2, 0.25) is 0 Å². The maximum atomic E-state index is 5.23. The standard InChI is InChI=1S/C9H10O2/c1-10-9-8(11-9)7-5-3-2-4-6-7/h2-6,8-9H,1H3. The SMILES string of the molecule is COC1OC1c1ccccc1. The second-order valence-corrected chi connectivity index (χ2v) is 2.57. The average molecular weight is 150 g/mol. The molecule has 0 spiro atoms. The fourth-order valence-corrected chi connectivity index (χ4v) is 1.16. The first kappa shape index (κ1) is 6.83. The molecule has 58 valence electrons. The molecule has 2 nitrogen and oxygen atoms in total. The fraction of sp³-hybridized carbons (Fsp3) is 0.333. The van der Waals surface area contributed by atoms with Gasteiger partial charge in [0.1, 0.15) is 6.10 Å². The summed E-state index contributed by atoms with van der Waals surface area (Å²) in [4.78, 5) is 0. The molecule has 0 aliphatic carbocycles. The molecular formula is C9H10O2. The Bertz CT molecular complexity index is 233. The van der Waals surface area contributed by atoms with Crippen molar-refractivity contribution in [2.24, 2.45) is 0 Å². The molecular weight excluding hydrogens is 140 g/mol. The van der Waals surface area contributed by atoms with Crippen molar-refractivity contribution < 1.29 is 9.47 Å². The van der Waals surface area contributed by atoms with Gasteiger partial charge >= 0.3 is 0 Å². The summed E-state index contributed by atoms with van der Waals surface area (Å²) in [6.45, 7) is 0. The number of hydrogen-bond acceptors (Lipinski definition) is 2. The summed E-state index contributed by atoms with van der Waals surface area (Å²) in [6, 6.07) is 10.1. The summed E-state index contributed by atoms with van der Waals surface area (Å²) in [5.74, 6) is 0. The molecule has 0 bridgehead atoms. The van der Waals surface area contributed by atoms with E-state index in [0.29, 0.717) is 0 Å². The molecule has 2 unspecified atom stereocenters. The quantitative estimate of drug-likeness (QED) is 0.599. The first-order valence-electron chi connectivity index (χ1n) is 3.65. The Balaban J connectivity index is 2.09. The highest BCUT2D eigenvalue weighted by atomic mass is 16.8. The zero-order valence-electron chi connectivity index (χ0n) is 6.36. The molecule has 0 saturated carbocycles. The number of methoxy groups -OCH3 is 1. The fourth-order valence-electron chi connectivity index (χ4n) is 1.16. The van der Waals surface area contributed by atoms with Crippen LogP contribution in [0.25, 0.3) is 0 Å². The zero-order chi connectivity index (χ0) is 7.68. The predicted octanol–water partition coefficient (Wildman–Crippen LogP) is 1.73. The first-order chi connectivity index (χ1) is 5.42. The highest BCUT2D eigenvalue weighted by Crippen LogP contribution is 2.38. The van der Waals surface area contributed by atoms with Gasteiger partial charge in [0.15, 0.2) is 6.29 Å². The molecule has 11 heavy (non-hydrogen) atoms. The molecule has 0 N–H and O–H groups in total. The Morgan fingerprint density at radius 1 is 1.27 bits per heavy atom. The lowest BCUT2D eigenvalue weighted by Gasteiger charge is -1.92. The topological polar surface area (TPSA) is 21.8 Å². The molecule has 2 heteroatoms. The van der Waals surface area contributed by atoms with Crippen molar-refractivity contribution in [2.75, 3.05) is 7.11 Å². The van der Waals surface area contributed by atoms with Crippen LogP contribution in [0.5, 0.6) is 0 Å². The Kier molecular flexibility index (Phi) is 1.64. The van der Waals surface area contributed by atoms with Crippen molar-refractivity contribution >= 4 is 0 Å². The van der Waals surface area contributed by atoms with Crippen LogP contribution >= 0.6 is 0 Å². The Hall–Kier alpha value is -0.860. The molecule has 1 aliphatic heterocycles. The van der Waals surface area contributed by atoms with Crippen LogP contribution in [-0.2, 0) is 9.47 Å². The monoisotopic (exact) mass is 150 g/mol. The van der Waals surface area contributed by atoms with Gasteiger partial charge in [0, 0.05) is 7.11 Å². The number of epoxide rings is 1. The summed E-state index contributed by atoms with van der Waals surface area (Å²) in [7, 11) is 1.66. The van der Waals surface area contributed by atoms with Crippen LogP contribution in [0.4, 0.5) is 0 Å². The van der Waals surface area contributed by atoms with E-state index in [9.17, 15) is 0 Å². The van der Waals surface area contributed by atoms with Crippen molar-refractivity contribution in [3.63, 3.8) is 0 Å². The third-order valence-electron chi connectivity index (χ3n) is 1.81. The summed E-state index contributed by atoms with van der Waals surface area (Å²) in [5, 5.41) is 0. The van der Waals surface area contributed by atoms with Crippen LogP contribution < -0.4 is 0 Å². The highest BCUT2D eigenvalue weighted by Gasteiger charge is 2.40. The molecule has 2 atom stereocenters. The molecule has 1 aromatic carbocycles. The average Bonchev–Trinajstić information content (AvgIpc) is 2.85. The summed E-state index contributed by atoms with van der Waals surface area (Å²) >= 11 is 0. The number of benzene rings is 1. The Morgan fingerprint density at radius 3 is 2.55 bits per heavy atom. The Morgan fingerprint density at radius 2 is 2.00 bits per heavy atom. The largest absolute Gasteiger partial charge is 0.353 e. The molecule has 1 heterocycles. The second kappa shape index (κ2) is 2.64. The second-order valence-electron chi connectivity index (χ2n) is 2.57. The third kappa shape index (κ3) is 1.27. The van der Waals surface area contributed by atoms with Crippen LogP contribution in [0.3, 0.4) is 0 Å². The summed E-state index contributed by atoms with van der Waals surface area (Å²) in [5.41, 5.74) is 1.19. The highest BCUT2D eigenvalue weighted by molar-refractivity contribution is 5.20. The van der Waals surface area contributed by atoms with Gasteiger partial charge in [-0.25, -0.2) is 0 Å². The Labute approximate surface area is 65.7 Å². The van der Waals surface area contributed by atoms with Gasteiger partial charge in [-0.2, -0.15) is 0 Å². The maximum Gasteiger partial charge on any atom is 0.188 e. The van der Waals surface area contributed by atoms with Gasteiger partial charge in [-0.1, -0.05) is 30.3 Å². The lowest BCUT2D eigenvalue weighted by molar-refractivity contribution is 0.0950. The minimum Gasteiger partial charge on any atom is -0.353 e. The van der Waals surface area contributed by atoms with E-state index >= 15 is 0 Å². The summed E-state index contributed by atoms with van der Waals surface area (Å²) < 4.78 is 10.2. The van der Waals surface area contributed by atoms with E-state index in [1.807, 2.05) is 30.3 Å². The van der Waals surface area contributed by atoms with E-state index < -0.39 is 0 Å². The van der Waals surface area contributed by atoms with Gasteiger partial charge in [0.05, 0.1) is 0 Å². The molecule has 0 radical (unpaired) electrons. The normalized spacial score (nSPS) is 28.5. The lowest BCUT2D eigenvalue weighted by atomic mass is 10.2. The van der Waals surface area contributed by atoms with Gasteiger partial charge in [0.25, 0.3) is 0 Å². The van der Waals surface area contributed by atoms with E-state index in [1.165, 1.54) is 5.56 Å². The van der Waals surface area contributed by atoms with E-state index in [1.54, 1.807) is 7.11 Å². The minimum absolute atomic E-state index is 0.0163. The molecule has 1 aromatic rings. The van der Waals surface area contributed by atoms with E-state index in [-0.39, 0.29) is 12.4 Å². The van der Waals surface area contributed by atoms with Crippen LogP contribution in [0.15, 0.2) is 30.3 Å². The van der Waals surface area contributed by atoms with Crippen LogP contribution in [0.1, 0.15) is 11.7 Å². The maximum absolute atomic E-state index is 5.23. The van der Waals surface area contributed by atoms with Crippen molar-refractivity contribution in [2.45, 2.75) is 12.4 Å². The van der Waals surface area contributed by atoms with Gasteiger partial charge in [-0.05, 0) is 5.56 Å². The molecule has 2 rings (SSSR count). The predicted molar refractivity (Wildman–Crippen MR) is 41.1 cm³/mol. The van der Waals surface area contributed by atoms with Gasteiger partial charge in [0.2, 0.25) is 0 Å². The number of hydrogen-bond donors (Lipinski definition) is 0. The van der Waals surface area contributed by atoms with E-state index in [0.717, 1.165) is 0 Å². The lowest BCUT2D eigenvalue weighted by Crippen LogP contribution is -1.89. The molecule has 1 fully saturated rings. The molecule has 1 aliphatic rings. The summed E-state index contributed by atoms with van der Waals surface area (Å²) in [6.07, 6.45) is 0.151. The van der Waals surface area contributed by atoms with Gasteiger partial charge in [-0.3, -0.25) is 0 Å². The van der Waals surface area contributed by atoms with E-state index in [2.05, 4.69) is 0 Å². The van der Waals surface area contributed by atoms with Crippen molar-refractivity contribution in [3.8, 4) is 0 Å². The number of rotatable bonds is 2. The smallest absolute Gasteiger partial charge is 0.188 e. The zero-order valence-corrected chi connectivity index (χ0v) is 6.36. The number of ether oxygens (including phenoxy) is 2. The van der Waals surface area contributed by atoms with Gasteiger partial charge < -0.3 is 9.47 Å². The van der Waals surface area contributed by atoms with E-state index in [4.69, 9.17) is 9.47 Å². The van der Waals surface area contributed by atoms with Crippen LogP contribution in [0, 0.1) is 0 Å². The van der Waals surface area contributed by atoms with Crippen molar-refractivity contribution in [1.29, 1.82) is 0 Å². The first-order valence-corrected chi connectivity index (χ1v) is 3.65. The van der Waals surface area contributed by atoms with Crippen LogP contribution in [-0.4, -0.2) is 13.4 Å². The third-order valence-corrected chi connectivity index (χ3v) is 1.81.